The van der Waals surface area contributed by atoms with E-state index in [0.29, 0.717) is 28.0 Å². The molecule has 25 heavy (non-hydrogen) atoms. The average molecular weight is 330 g/mol. The van der Waals surface area contributed by atoms with Crippen LogP contribution >= 0.6 is 0 Å². The van der Waals surface area contributed by atoms with Gasteiger partial charge in [0, 0.05) is 33.4 Å². The summed E-state index contributed by atoms with van der Waals surface area (Å²) in [7, 11) is 1.86. The quantitative estimate of drug-likeness (QED) is 0.467. The van der Waals surface area contributed by atoms with E-state index in [-0.39, 0.29) is 0 Å². The fraction of sp³-hybridized carbons (Fsp3) is 0.182. The Morgan fingerprint density at radius 1 is 1.08 bits per heavy atom. The first-order valence-corrected chi connectivity index (χ1v) is 8.09. The molecule has 0 aliphatic carbocycles. The van der Waals surface area contributed by atoms with Crippen LogP contribution in [0.1, 0.15) is 26.5 Å². The second kappa shape index (κ2) is 5.46. The van der Waals surface area contributed by atoms with Crippen LogP contribution < -0.4 is 4.57 Å². The van der Waals surface area contributed by atoms with Gasteiger partial charge in [-0.25, -0.2) is 0 Å². The first kappa shape index (κ1) is 12.3. The third kappa shape index (κ3) is 2.15. The van der Waals surface area contributed by atoms with Crippen molar-refractivity contribution in [1.82, 2.24) is 0 Å². The Hall–Kier alpha value is -3.12. The zero-order valence-corrected chi connectivity index (χ0v) is 14.3. The first-order chi connectivity index (χ1) is 13.2. The molecular formula is C22H19N2O+. The first-order valence-electron chi connectivity index (χ1n) is 9.59. The van der Waals surface area contributed by atoms with Crippen LogP contribution in [0.15, 0.2) is 46.9 Å². The molecule has 0 spiro atoms. The maximum atomic E-state index is 9.49. The minimum absolute atomic E-state index is 0.333. The lowest BCUT2D eigenvalue weighted by atomic mass is 9.98. The van der Waals surface area contributed by atoms with Gasteiger partial charge in [0.15, 0.2) is 5.69 Å². The molecule has 0 radical (unpaired) electrons. The number of hydrogen-bond acceptors (Lipinski definition) is 2. The third-order valence-electron chi connectivity index (χ3n) is 4.91. The molecule has 3 nitrogen and oxygen atoms in total. The monoisotopic (exact) mass is 330 g/mol. The lowest BCUT2D eigenvalue weighted by Crippen LogP contribution is -2.35. The highest BCUT2D eigenvalue weighted by atomic mass is 16.3. The maximum absolute atomic E-state index is 9.49. The van der Waals surface area contributed by atoms with Crippen LogP contribution in [0.25, 0.3) is 33.2 Å². The van der Waals surface area contributed by atoms with Crippen LogP contribution in [0, 0.1) is 32.0 Å². The summed E-state index contributed by atoms with van der Waals surface area (Å²) in [6.07, 6.45) is 0. The number of hydrogen-bond donors (Lipinski definition) is 0. The van der Waals surface area contributed by atoms with E-state index in [4.69, 9.17) is 8.53 Å². The Kier molecular flexibility index (Phi) is 2.68. The number of aryl methyl sites for hydroxylation is 2. The van der Waals surface area contributed by atoms with Crippen LogP contribution in [-0.2, 0) is 7.05 Å². The van der Waals surface area contributed by atoms with E-state index in [2.05, 4.69) is 6.07 Å². The summed E-state index contributed by atoms with van der Waals surface area (Å²) in [4.78, 5) is 0. The normalized spacial score (nSPS) is 13.4. The van der Waals surface area contributed by atoms with E-state index >= 15 is 0 Å². The lowest BCUT2D eigenvalue weighted by Gasteiger charge is -2.08. The molecule has 0 fully saturated rings. The fourth-order valence-electron chi connectivity index (χ4n) is 3.41. The van der Waals surface area contributed by atoms with Gasteiger partial charge in [0.05, 0.1) is 17.2 Å². The van der Waals surface area contributed by atoms with Gasteiger partial charge in [-0.3, -0.25) is 0 Å². The topological polar surface area (TPSA) is 40.8 Å². The Balaban J connectivity index is 2.09. The van der Waals surface area contributed by atoms with Crippen molar-refractivity contribution in [3.8, 4) is 17.3 Å². The van der Waals surface area contributed by atoms with Crippen molar-refractivity contribution >= 4 is 21.9 Å². The van der Waals surface area contributed by atoms with Gasteiger partial charge in [0.2, 0.25) is 5.69 Å². The van der Waals surface area contributed by atoms with Gasteiger partial charge >= 0.3 is 0 Å². The van der Waals surface area contributed by atoms with Crippen molar-refractivity contribution < 1.29 is 13.1 Å². The Morgan fingerprint density at radius 2 is 1.88 bits per heavy atom. The van der Waals surface area contributed by atoms with Gasteiger partial charge in [0.25, 0.3) is 0 Å². The van der Waals surface area contributed by atoms with Crippen molar-refractivity contribution in [2.45, 2.75) is 20.7 Å². The SMILES string of the molecule is [2H]C([2H])([2H])c1ccc(-c2c(C)ccc3c2oc2cccc(C#N)c23)[n+](C)c1C. The van der Waals surface area contributed by atoms with Crippen molar-refractivity contribution in [2.24, 2.45) is 7.05 Å². The standard InChI is InChI=1S/C22H19N2O/c1-13-9-11-18(24(4)15(13)3)20-14(2)8-10-17-21-16(12-23)6-5-7-19(21)25-22(17)20/h5-11H,1-4H3/q+1/i1D3. The maximum Gasteiger partial charge on any atom is 0.216 e. The number of pyridine rings is 1. The van der Waals surface area contributed by atoms with Crippen LogP contribution in [0.5, 0.6) is 0 Å². The average Bonchev–Trinajstić information content (AvgIpc) is 3.02. The van der Waals surface area contributed by atoms with Gasteiger partial charge in [-0.05, 0) is 37.5 Å². The van der Waals surface area contributed by atoms with Gasteiger partial charge < -0.3 is 4.42 Å². The van der Waals surface area contributed by atoms with Crippen LogP contribution in [-0.4, -0.2) is 0 Å². The third-order valence-corrected chi connectivity index (χ3v) is 4.91. The highest BCUT2D eigenvalue weighted by molar-refractivity contribution is 6.11. The van der Waals surface area contributed by atoms with E-state index in [1.807, 2.05) is 55.8 Å². The number of furan rings is 1. The molecule has 0 atom stereocenters. The Bertz CT molecular complexity index is 1290. The fourth-order valence-corrected chi connectivity index (χ4v) is 3.41. The summed E-state index contributed by atoms with van der Waals surface area (Å²) in [6, 6.07) is 15.2. The van der Waals surface area contributed by atoms with Crippen molar-refractivity contribution in [1.29, 1.82) is 5.26 Å². The molecule has 0 aliphatic rings. The smallest absolute Gasteiger partial charge is 0.216 e. The Labute approximate surface area is 151 Å². The van der Waals surface area contributed by atoms with E-state index < -0.39 is 6.85 Å². The summed E-state index contributed by atoms with van der Waals surface area (Å²) in [6.45, 7) is 1.65. The van der Waals surface area contributed by atoms with Gasteiger partial charge in [-0.2, -0.15) is 9.83 Å². The second-order valence-electron chi connectivity index (χ2n) is 6.30. The largest absolute Gasteiger partial charge is 0.455 e. The predicted molar refractivity (Wildman–Crippen MR) is 99.3 cm³/mol. The summed E-state index contributed by atoms with van der Waals surface area (Å²) >= 11 is 0. The van der Waals surface area contributed by atoms with E-state index in [9.17, 15) is 5.26 Å². The van der Waals surface area contributed by atoms with E-state index in [0.717, 1.165) is 27.6 Å². The molecule has 122 valence electrons. The molecule has 3 heteroatoms. The second-order valence-corrected chi connectivity index (χ2v) is 6.30. The number of nitrogens with zero attached hydrogens (tertiary/aromatic N) is 2. The van der Waals surface area contributed by atoms with Crippen LogP contribution in [0.4, 0.5) is 0 Å². The lowest BCUT2D eigenvalue weighted by molar-refractivity contribution is -0.667. The van der Waals surface area contributed by atoms with Crippen molar-refractivity contribution in [3.63, 3.8) is 0 Å². The summed E-state index contributed by atoms with van der Waals surface area (Å²) in [5.41, 5.74) is 5.74. The van der Waals surface area contributed by atoms with Gasteiger partial charge in [0.1, 0.15) is 18.2 Å². The summed E-state index contributed by atoms with van der Waals surface area (Å²) in [5, 5.41) is 11.2. The minimum atomic E-state index is -2.16. The molecule has 0 saturated heterocycles. The molecule has 2 aromatic carbocycles. The van der Waals surface area contributed by atoms with Crippen LogP contribution in [0.2, 0.25) is 0 Å². The molecule has 0 bridgehead atoms. The van der Waals surface area contributed by atoms with Crippen molar-refractivity contribution in [2.75, 3.05) is 0 Å². The molecule has 0 saturated carbocycles. The number of fused-ring (bicyclic) bond motifs is 3. The highest BCUT2D eigenvalue weighted by Gasteiger charge is 2.22. The molecule has 4 aromatic rings. The van der Waals surface area contributed by atoms with Gasteiger partial charge in [-0.1, -0.05) is 18.2 Å². The minimum Gasteiger partial charge on any atom is -0.455 e. The Morgan fingerprint density at radius 3 is 2.64 bits per heavy atom. The zero-order chi connectivity index (χ0) is 20.2. The zero-order valence-electron chi connectivity index (χ0n) is 17.3. The predicted octanol–water partition coefficient (Wildman–Crippen LogP) is 4.87. The van der Waals surface area contributed by atoms with Crippen molar-refractivity contribution in [3.05, 3.63) is 64.8 Å². The van der Waals surface area contributed by atoms with Crippen LogP contribution in [0.3, 0.4) is 0 Å². The van der Waals surface area contributed by atoms with Gasteiger partial charge in [-0.15, -0.1) is 0 Å². The highest BCUT2D eigenvalue weighted by Crippen LogP contribution is 2.38. The number of rotatable bonds is 1. The van der Waals surface area contributed by atoms with E-state index in [1.165, 1.54) is 0 Å². The molecular weight excluding hydrogens is 308 g/mol. The molecule has 0 amide bonds. The molecule has 2 aromatic heterocycles. The number of aromatic nitrogens is 1. The molecule has 0 N–H and O–H groups in total. The van der Waals surface area contributed by atoms with E-state index in [1.54, 1.807) is 12.1 Å². The molecule has 2 heterocycles. The summed E-state index contributed by atoms with van der Waals surface area (Å²) < 4.78 is 31.3. The number of nitriles is 1. The number of benzene rings is 2. The molecule has 4 rings (SSSR count). The molecule has 0 aliphatic heterocycles. The molecule has 0 unspecified atom stereocenters. The summed E-state index contributed by atoms with van der Waals surface area (Å²) in [5.74, 6) is 0.